The van der Waals surface area contributed by atoms with Gasteiger partial charge in [0.2, 0.25) is 0 Å². The van der Waals surface area contributed by atoms with Crippen LogP contribution in [0.3, 0.4) is 0 Å². The van der Waals surface area contributed by atoms with Gasteiger partial charge < -0.3 is 5.73 Å². The number of nitrogens with zero attached hydrogens (tertiary/aromatic N) is 1. The van der Waals surface area contributed by atoms with Crippen molar-refractivity contribution in [3.8, 4) is 0 Å². The van der Waals surface area contributed by atoms with Crippen LogP contribution < -0.4 is 5.73 Å². The van der Waals surface area contributed by atoms with Crippen LogP contribution >= 0.6 is 11.3 Å². The molecule has 3 heteroatoms. The first-order valence-corrected chi connectivity index (χ1v) is 7.09. The van der Waals surface area contributed by atoms with Gasteiger partial charge >= 0.3 is 0 Å². The van der Waals surface area contributed by atoms with Crippen molar-refractivity contribution < 1.29 is 0 Å². The molecule has 1 aromatic rings. The molecule has 0 saturated heterocycles. The highest BCUT2D eigenvalue weighted by molar-refractivity contribution is 7.11. The normalized spacial score (nSPS) is 15.0. The fourth-order valence-corrected chi connectivity index (χ4v) is 2.67. The number of aryl methyl sites for hydroxylation is 1. The van der Waals surface area contributed by atoms with Crippen LogP contribution in [-0.2, 0) is 5.54 Å². The van der Waals surface area contributed by atoms with E-state index in [-0.39, 0.29) is 5.54 Å². The molecule has 0 bridgehead atoms. The molecule has 0 fully saturated rings. The minimum atomic E-state index is -0.231. The molecule has 92 valence electrons. The zero-order chi connectivity index (χ0) is 12.0. The lowest BCUT2D eigenvalue weighted by Gasteiger charge is -2.21. The van der Waals surface area contributed by atoms with Gasteiger partial charge in [-0.15, -0.1) is 11.3 Å². The molecule has 0 aromatic carbocycles. The van der Waals surface area contributed by atoms with Crippen LogP contribution in [0.2, 0.25) is 0 Å². The first-order chi connectivity index (χ1) is 7.56. The van der Waals surface area contributed by atoms with Gasteiger partial charge in [0, 0.05) is 11.1 Å². The van der Waals surface area contributed by atoms with Crippen molar-refractivity contribution in [2.45, 2.75) is 64.8 Å². The number of nitrogens with two attached hydrogens (primary N) is 1. The Morgan fingerprint density at radius 1 is 1.31 bits per heavy atom. The number of rotatable bonds is 7. The smallest absolute Gasteiger partial charge is 0.112 e. The van der Waals surface area contributed by atoms with E-state index in [1.807, 2.05) is 6.20 Å². The topological polar surface area (TPSA) is 38.9 Å². The largest absolute Gasteiger partial charge is 0.320 e. The lowest BCUT2D eigenvalue weighted by molar-refractivity contribution is 0.420. The molecular weight excluding hydrogens is 216 g/mol. The SMILES string of the molecule is CCCCCCCC(C)(N)c1ncc(C)s1. The van der Waals surface area contributed by atoms with E-state index in [0.717, 1.165) is 11.4 Å². The average Bonchev–Trinajstić information content (AvgIpc) is 2.65. The maximum Gasteiger partial charge on any atom is 0.112 e. The van der Waals surface area contributed by atoms with Crippen LogP contribution in [-0.4, -0.2) is 4.98 Å². The monoisotopic (exact) mass is 240 g/mol. The predicted octanol–water partition coefficient (Wildman–Crippen LogP) is 3.99. The summed E-state index contributed by atoms with van der Waals surface area (Å²) in [6, 6.07) is 0. The highest BCUT2D eigenvalue weighted by Gasteiger charge is 2.23. The van der Waals surface area contributed by atoms with Gasteiger partial charge in [-0.05, 0) is 20.3 Å². The van der Waals surface area contributed by atoms with Crippen LogP contribution in [0.15, 0.2) is 6.20 Å². The molecule has 16 heavy (non-hydrogen) atoms. The molecule has 0 aliphatic carbocycles. The fourth-order valence-electron chi connectivity index (χ4n) is 1.82. The van der Waals surface area contributed by atoms with E-state index >= 15 is 0 Å². The van der Waals surface area contributed by atoms with Gasteiger partial charge in [0.15, 0.2) is 0 Å². The number of thiazole rings is 1. The second kappa shape index (κ2) is 6.36. The molecule has 2 N–H and O–H groups in total. The van der Waals surface area contributed by atoms with Gasteiger partial charge in [-0.2, -0.15) is 0 Å². The summed E-state index contributed by atoms with van der Waals surface area (Å²) < 4.78 is 0. The highest BCUT2D eigenvalue weighted by Crippen LogP contribution is 2.27. The molecule has 1 unspecified atom stereocenters. The molecule has 0 amide bonds. The van der Waals surface area contributed by atoms with Crippen LogP contribution in [0.1, 0.15) is 62.3 Å². The van der Waals surface area contributed by atoms with E-state index in [0.29, 0.717) is 0 Å². The maximum absolute atomic E-state index is 6.31. The Kier molecular flexibility index (Phi) is 5.42. The van der Waals surface area contributed by atoms with Gasteiger partial charge in [0.1, 0.15) is 5.01 Å². The van der Waals surface area contributed by atoms with Gasteiger partial charge in [-0.3, -0.25) is 0 Å². The summed E-state index contributed by atoms with van der Waals surface area (Å²) in [5.41, 5.74) is 6.08. The zero-order valence-electron chi connectivity index (χ0n) is 10.8. The Morgan fingerprint density at radius 3 is 2.56 bits per heavy atom. The van der Waals surface area contributed by atoms with Crippen molar-refractivity contribution in [1.29, 1.82) is 0 Å². The van der Waals surface area contributed by atoms with E-state index in [1.165, 1.54) is 37.0 Å². The average molecular weight is 240 g/mol. The first kappa shape index (κ1) is 13.7. The number of unbranched alkanes of at least 4 members (excludes halogenated alkanes) is 4. The Hall–Kier alpha value is -0.410. The molecule has 1 rings (SSSR count). The van der Waals surface area contributed by atoms with Crippen molar-refractivity contribution in [1.82, 2.24) is 4.98 Å². The van der Waals surface area contributed by atoms with E-state index < -0.39 is 0 Å². The van der Waals surface area contributed by atoms with E-state index in [4.69, 9.17) is 5.73 Å². The third-order valence-electron chi connectivity index (χ3n) is 2.91. The summed E-state index contributed by atoms with van der Waals surface area (Å²) in [6.45, 7) is 6.43. The maximum atomic E-state index is 6.31. The van der Waals surface area contributed by atoms with E-state index in [2.05, 4.69) is 25.8 Å². The molecule has 0 radical (unpaired) electrons. The minimum Gasteiger partial charge on any atom is -0.320 e. The van der Waals surface area contributed by atoms with Crippen LogP contribution in [0, 0.1) is 6.92 Å². The summed E-state index contributed by atoms with van der Waals surface area (Å²) in [6.07, 6.45) is 9.45. The summed E-state index contributed by atoms with van der Waals surface area (Å²) in [7, 11) is 0. The van der Waals surface area contributed by atoms with Crippen molar-refractivity contribution >= 4 is 11.3 Å². The van der Waals surface area contributed by atoms with Crippen molar-refractivity contribution in [3.63, 3.8) is 0 Å². The molecule has 0 aliphatic heterocycles. The summed E-state index contributed by atoms with van der Waals surface area (Å²) in [4.78, 5) is 5.64. The minimum absolute atomic E-state index is 0.231. The van der Waals surface area contributed by atoms with E-state index in [9.17, 15) is 0 Å². The second-order valence-electron chi connectivity index (χ2n) is 4.86. The molecule has 0 saturated carbocycles. The summed E-state index contributed by atoms with van der Waals surface area (Å²) in [5.74, 6) is 0. The molecular formula is C13H24N2S. The second-order valence-corrected chi connectivity index (χ2v) is 6.09. The first-order valence-electron chi connectivity index (χ1n) is 6.28. The highest BCUT2D eigenvalue weighted by atomic mass is 32.1. The lowest BCUT2D eigenvalue weighted by Crippen LogP contribution is -2.32. The number of aromatic nitrogens is 1. The quantitative estimate of drug-likeness (QED) is 0.732. The third-order valence-corrected chi connectivity index (χ3v) is 4.10. The molecule has 2 nitrogen and oxygen atoms in total. The van der Waals surface area contributed by atoms with Crippen LogP contribution in [0.4, 0.5) is 0 Å². The molecule has 1 heterocycles. The van der Waals surface area contributed by atoms with Gasteiger partial charge in [-0.1, -0.05) is 39.0 Å². The van der Waals surface area contributed by atoms with Crippen molar-refractivity contribution in [2.75, 3.05) is 0 Å². The summed E-state index contributed by atoms with van der Waals surface area (Å²) >= 11 is 1.73. The Morgan fingerprint density at radius 2 is 2.00 bits per heavy atom. The molecule has 1 aromatic heterocycles. The summed E-state index contributed by atoms with van der Waals surface area (Å²) in [5, 5.41) is 1.08. The fraction of sp³-hybridized carbons (Fsp3) is 0.769. The lowest BCUT2D eigenvalue weighted by atomic mass is 9.96. The van der Waals surface area contributed by atoms with Crippen LogP contribution in [0.5, 0.6) is 0 Å². The Bertz CT molecular complexity index is 305. The molecule has 0 aliphatic rings. The molecule has 0 spiro atoms. The van der Waals surface area contributed by atoms with Gasteiger partial charge in [0.25, 0.3) is 0 Å². The number of hydrogen-bond acceptors (Lipinski definition) is 3. The van der Waals surface area contributed by atoms with E-state index in [1.54, 1.807) is 11.3 Å². The van der Waals surface area contributed by atoms with Crippen molar-refractivity contribution in [3.05, 3.63) is 16.1 Å². The standard InChI is InChI=1S/C13H24N2S/c1-4-5-6-7-8-9-13(3,14)12-15-10-11(2)16-12/h10H,4-9,14H2,1-3H3. The Labute approximate surface area is 103 Å². The predicted molar refractivity (Wildman–Crippen MR) is 71.8 cm³/mol. The number of hydrogen-bond donors (Lipinski definition) is 1. The third kappa shape index (κ3) is 4.22. The Balaban J connectivity index is 2.34. The zero-order valence-corrected chi connectivity index (χ0v) is 11.6. The molecule has 1 atom stereocenters. The van der Waals surface area contributed by atoms with Gasteiger partial charge in [0.05, 0.1) is 5.54 Å². The van der Waals surface area contributed by atoms with Gasteiger partial charge in [-0.25, -0.2) is 4.98 Å². The van der Waals surface area contributed by atoms with Crippen molar-refractivity contribution in [2.24, 2.45) is 5.73 Å². The van der Waals surface area contributed by atoms with Crippen LogP contribution in [0.25, 0.3) is 0 Å².